The van der Waals surface area contributed by atoms with Gasteiger partial charge in [-0.2, -0.15) is 0 Å². The molecule has 0 radical (unpaired) electrons. The first-order chi connectivity index (χ1) is 18.3. The Hall–Kier alpha value is -5.20. The summed E-state index contributed by atoms with van der Waals surface area (Å²) in [5, 5.41) is 9.09. The van der Waals surface area contributed by atoms with Crippen molar-refractivity contribution in [1.82, 2.24) is 9.55 Å². The Kier molecular flexibility index (Phi) is 4.01. The first kappa shape index (κ1) is 20.0. The van der Waals surface area contributed by atoms with E-state index in [0.29, 0.717) is 5.69 Å². The average Bonchev–Trinajstić information content (AvgIpc) is 3.29. The van der Waals surface area contributed by atoms with Gasteiger partial charge in [0.15, 0.2) is 5.69 Å². The van der Waals surface area contributed by atoms with Gasteiger partial charge in [0.25, 0.3) is 0 Å². The molecule has 3 heteroatoms. The Morgan fingerprint density at radius 2 is 1.08 bits per heavy atom. The van der Waals surface area contributed by atoms with E-state index in [1.165, 1.54) is 10.8 Å². The van der Waals surface area contributed by atoms with Crippen molar-refractivity contribution in [1.29, 1.82) is 0 Å². The molecule has 8 rings (SSSR count). The zero-order valence-electron chi connectivity index (χ0n) is 19.8. The zero-order chi connectivity index (χ0) is 24.5. The van der Waals surface area contributed by atoms with Crippen LogP contribution in [0.1, 0.15) is 0 Å². The second kappa shape index (κ2) is 7.40. The van der Waals surface area contributed by atoms with Gasteiger partial charge in [0, 0.05) is 26.9 Å². The minimum atomic E-state index is 0.650. The predicted molar refractivity (Wildman–Crippen MR) is 155 cm³/mol. The molecule has 0 aliphatic heterocycles. The van der Waals surface area contributed by atoms with Gasteiger partial charge in [-0.25, -0.2) is 9.83 Å². The van der Waals surface area contributed by atoms with Crippen molar-refractivity contribution in [3.63, 3.8) is 0 Å². The summed E-state index contributed by atoms with van der Waals surface area (Å²) in [5.74, 6) is 0. The molecular formula is C34H19N3. The number of pyridine rings is 1. The van der Waals surface area contributed by atoms with Gasteiger partial charge in [-0.15, -0.1) is 0 Å². The van der Waals surface area contributed by atoms with Crippen LogP contribution in [0.5, 0.6) is 0 Å². The summed E-state index contributed by atoms with van der Waals surface area (Å²) >= 11 is 0. The third-order valence-corrected chi connectivity index (χ3v) is 7.54. The van der Waals surface area contributed by atoms with Crippen LogP contribution in [0, 0.1) is 6.57 Å². The SMILES string of the molecule is [C-]#[N+]c1ccc2c(c1)c1ccccc1n2-c1c2ccc3ccccc3c2nc2c1ccc1ccccc12. The van der Waals surface area contributed by atoms with Crippen LogP contribution in [-0.2, 0) is 0 Å². The molecule has 0 bridgehead atoms. The van der Waals surface area contributed by atoms with E-state index in [-0.39, 0.29) is 0 Å². The Bertz CT molecular complexity index is 2170. The van der Waals surface area contributed by atoms with Crippen molar-refractivity contribution >= 4 is 70.8 Å². The summed E-state index contributed by atoms with van der Waals surface area (Å²) in [6.07, 6.45) is 0. The van der Waals surface area contributed by atoms with E-state index in [0.717, 1.165) is 60.1 Å². The van der Waals surface area contributed by atoms with Crippen molar-refractivity contribution < 1.29 is 0 Å². The number of aromatic nitrogens is 2. The van der Waals surface area contributed by atoms with E-state index in [1.54, 1.807) is 0 Å². The fraction of sp³-hybridized carbons (Fsp3) is 0. The van der Waals surface area contributed by atoms with E-state index < -0.39 is 0 Å². The van der Waals surface area contributed by atoms with Gasteiger partial charge in [0.1, 0.15) is 0 Å². The molecule has 0 fully saturated rings. The lowest BCUT2D eigenvalue weighted by Crippen LogP contribution is -1.99. The lowest BCUT2D eigenvalue weighted by Gasteiger charge is -2.17. The van der Waals surface area contributed by atoms with E-state index in [1.807, 2.05) is 12.1 Å². The van der Waals surface area contributed by atoms with Crippen LogP contribution in [0.25, 0.3) is 75.7 Å². The molecule has 0 saturated carbocycles. The summed E-state index contributed by atoms with van der Waals surface area (Å²) in [4.78, 5) is 9.05. The number of fused-ring (bicyclic) bond motifs is 9. The van der Waals surface area contributed by atoms with Gasteiger partial charge in [-0.3, -0.25) is 0 Å². The molecule has 0 amide bonds. The topological polar surface area (TPSA) is 22.2 Å². The molecule has 0 unspecified atom stereocenters. The highest BCUT2D eigenvalue weighted by Gasteiger charge is 2.19. The van der Waals surface area contributed by atoms with Crippen LogP contribution < -0.4 is 0 Å². The Morgan fingerprint density at radius 3 is 1.73 bits per heavy atom. The lowest BCUT2D eigenvalue weighted by molar-refractivity contribution is 1.21. The molecule has 0 aliphatic carbocycles. The Labute approximate surface area is 212 Å². The van der Waals surface area contributed by atoms with Crippen molar-refractivity contribution in [3.8, 4) is 5.69 Å². The maximum absolute atomic E-state index is 7.58. The average molecular weight is 470 g/mol. The molecule has 0 saturated heterocycles. The molecule has 6 aromatic carbocycles. The smallest absolute Gasteiger partial charge is 0.188 e. The van der Waals surface area contributed by atoms with Crippen LogP contribution in [0.15, 0.2) is 115 Å². The first-order valence-corrected chi connectivity index (χ1v) is 12.4. The molecular weight excluding hydrogens is 450 g/mol. The minimum absolute atomic E-state index is 0.650. The summed E-state index contributed by atoms with van der Waals surface area (Å²) in [6.45, 7) is 7.58. The number of nitrogens with zero attached hydrogens (tertiary/aromatic N) is 3. The van der Waals surface area contributed by atoms with Crippen molar-refractivity contribution in [2.45, 2.75) is 0 Å². The zero-order valence-corrected chi connectivity index (χ0v) is 19.8. The molecule has 3 nitrogen and oxygen atoms in total. The van der Waals surface area contributed by atoms with Gasteiger partial charge >= 0.3 is 0 Å². The maximum atomic E-state index is 7.58. The molecule has 0 N–H and O–H groups in total. The van der Waals surface area contributed by atoms with Crippen molar-refractivity contribution in [3.05, 3.63) is 127 Å². The molecule has 0 spiro atoms. The summed E-state index contributed by atoms with van der Waals surface area (Å²) in [6, 6.07) is 40.3. The third kappa shape index (κ3) is 2.73. The number of hydrogen-bond donors (Lipinski definition) is 0. The quantitative estimate of drug-likeness (QED) is 0.133. The van der Waals surface area contributed by atoms with Crippen LogP contribution in [0.3, 0.4) is 0 Å². The Morgan fingerprint density at radius 1 is 0.514 bits per heavy atom. The minimum Gasteiger partial charge on any atom is -0.308 e. The largest absolute Gasteiger partial charge is 0.308 e. The monoisotopic (exact) mass is 469 g/mol. The van der Waals surface area contributed by atoms with E-state index in [2.05, 4.69) is 113 Å². The van der Waals surface area contributed by atoms with Gasteiger partial charge in [-0.05, 0) is 34.4 Å². The highest BCUT2D eigenvalue weighted by Crippen LogP contribution is 2.41. The van der Waals surface area contributed by atoms with Crippen molar-refractivity contribution in [2.24, 2.45) is 0 Å². The third-order valence-electron chi connectivity index (χ3n) is 7.54. The molecule has 8 aromatic rings. The van der Waals surface area contributed by atoms with Crippen LogP contribution in [-0.4, -0.2) is 9.55 Å². The molecule has 0 aliphatic rings. The van der Waals surface area contributed by atoms with Gasteiger partial charge in [0.05, 0.1) is 34.3 Å². The lowest BCUT2D eigenvalue weighted by atomic mass is 9.99. The van der Waals surface area contributed by atoms with Gasteiger partial charge in [-0.1, -0.05) is 97.1 Å². The highest BCUT2D eigenvalue weighted by atomic mass is 15.0. The van der Waals surface area contributed by atoms with Crippen molar-refractivity contribution in [2.75, 3.05) is 0 Å². The summed E-state index contributed by atoms with van der Waals surface area (Å²) < 4.78 is 2.37. The Balaban J connectivity index is 1.68. The van der Waals surface area contributed by atoms with Gasteiger partial charge < -0.3 is 4.57 Å². The van der Waals surface area contributed by atoms with Crippen LogP contribution >= 0.6 is 0 Å². The van der Waals surface area contributed by atoms with E-state index in [4.69, 9.17) is 11.6 Å². The summed E-state index contributed by atoms with van der Waals surface area (Å²) in [7, 11) is 0. The van der Waals surface area contributed by atoms with Crippen LogP contribution in [0.2, 0.25) is 0 Å². The maximum Gasteiger partial charge on any atom is 0.188 e. The molecule has 2 heterocycles. The number of benzene rings is 6. The molecule has 170 valence electrons. The number of rotatable bonds is 1. The molecule has 0 atom stereocenters. The highest BCUT2D eigenvalue weighted by molar-refractivity contribution is 6.20. The summed E-state index contributed by atoms with van der Waals surface area (Å²) in [5.41, 5.74) is 5.98. The fourth-order valence-corrected chi connectivity index (χ4v) is 5.90. The van der Waals surface area contributed by atoms with E-state index >= 15 is 0 Å². The first-order valence-electron chi connectivity index (χ1n) is 12.4. The van der Waals surface area contributed by atoms with Gasteiger partial charge in [0.2, 0.25) is 0 Å². The molecule has 2 aromatic heterocycles. The number of hydrogen-bond acceptors (Lipinski definition) is 1. The van der Waals surface area contributed by atoms with Crippen LogP contribution in [0.4, 0.5) is 5.69 Å². The van der Waals surface area contributed by atoms with E-state index in [9.17, 15) is 0 Å². The normalized spacial score (nSPS) is 11.8. The standard InChI is InChI=1S/C34H19N3/c1-35-23-16-19-31-29(20-23)26-12-6-7-13-30(26)37(31)34-27-17-14-21-8-2-4-10-24(21)32(27)36-33-25-11-5-3-9-22(25)15-18-28(33)34/h2-20H. The molecule has 37 heavy (non-hydrogen) atoms. The predicted octanol–water partition coefficient (Wildman–Crippen LogP) is 9.34. The second-order valence-electron chi connectivity index (χ2n) is 9.49. The fourth-order valence-electron chi connectivity index (χ4n) is 5.90. The second-order valence-corrected chi connectivity index (χ2v) is 9.49. The number of para-hydroxylation sites is 1.